The average Bonchev–Trinajstić information content (AvgIpc) is 3.46. The first kappa shape index (κ1) is 78.6. The molecule has 0 heterocycles. The minimum absolute atomic E-state index is 0.0423. The number of hydrogen-bond donors (Lipinski definition) is 1. The summed E-state index contributed by atoms with van der Waals surface area (Å²) in [4.78, 5) is 40.1. The number of nitrogens with one attached hydrogen (secondary N) is 1. The molecule has 0 aromatic heterocycles. The van der Waals surface area contributed by atoms with E-state index in [-0.39, 0.29) is 31.3 Å². The van der Waals surface area contributed by atoms with E-state index in [1.807, 2.05) is 94.1 Å². The van der Waals surface area contributed by atoms with E-state index in [4.69, 9.17) is 13.8 Å². The van der Waals surface area contributed by atoms with Crippen molar-refractivity contribution in [2.24, 2.45) is 0 Å². The average molecular weight is 1170 g/mol. The van der Waals surface area contributed by atoms with Crippen molar-refractivity contribution in [2.45, 2.75) is 251 Å². The van der Waals surface area contributed by atoms with Gasteiger partial charge in [0.1, 0.15) is 19.3 Å². The lowest BCUT2D eigenvalue weighted by atomic mass is 10.0. The molecule has 0 aliphatic heterocycles. The molecular weight excluding hydrogens is 1050 g/mol. The van der Waals surface area contributed by atoms with Crippen LogP contribution in [0.2, 0.25) is 0 Å². The number of hydrogen-bond acceptors (Lipinski definition) is 7. The van der Waals surface area contributed by atoms with Gasteiger partial charge < -0.3 is 28.5 Å². The van der Waals surface area contributed by atoms with Crippen LogP contribution in [-0.2, 0) is 27.9 Å². The monoisotopic (exact) mass is 1170 g/mol. The maximum absolute atomic E-state index is 13.5. The second-order valence-electron chi connectivity index (χ2n) is 22.7. The van der Waals surface area contributed by atoms with E-state index < -0.39 is 26.6 Å². The number of carbonyl (C=O) groups is 2. The molecule has 0 aliphatic carbocycles. The van der Waals surface area contributed by atoms with Crippen LogP contribution in [0.25, 0.3) is 0 Å². The number of likely N-dealkylation sites (N-methyl/N-ethyl adjacent to an activating group) is 1. The third-order valence-corrected chi connectivity index (χ3v) is 14.6. The van der Waals surface area contributed by atoms with Crippen molar-refractivity contribution < 1.29 is 37.3 Å². The highest BCUT2D eigenvalue weighted by Gasteiger charge is 2.27. The minimum Gasteiger partial charge on any atom is -0.756 e. The number of phosphoric acid groups is 1. The van der Waals surface area contributed by atoms with E-state index in [2.05, 4.69) is 111 Å². The van der Waals surface area contributed by atoms with Gasteiger partial charge in [-0.2, -0.15) is 0 Å². The minimum atomic E-state index is -4.73. The van der Waals surface area contributed by atoms with Crippen LogP contribution in [0.15, 0.2) is 158 Å². The molecule has 9 nitrogen and oxygen atoms in total. The largest absolute Gasteiger partial charge is 0.756 e. The van der Waals surface area contributed by atoms with E-state index in [0.29, 0.717) is 23.9 Å². The van der Waals surface area contributed by atoms with Gasteiger partial charge in [-0.15, -0.1) is 0 Å². The molecule has 0 saturated carbocycles. The number of unbranched alkanes of at least 4 members (excludes halogenated alkanes) is 22. The standard InChI is InChI=1S/C73H121N2O7P/c1-7-10-13-16-19-22-25-28-30-32-33-34-35-36-37-38-39-40-41-43-45-48-51-54-57-60-63-66-73(77)82-71(64-61-58-55-52-49-46-27-24-21-18-15-12-9-3)70(69-81-83(78,79)80-68-67-75(4,5)6)74-72(76)65-62-59-56-53-50-47-44-42-31-29-26-23-20-17-14-11-8-2/h10-11,13-14,17,19-20,22-23,26,28-31,33-34,36-37,39-40,42,44,47,50,61,64,70-71H,7-9,12,15-16,18,21,24-25,27,32,35,38,41,43,45-46,48-49,51-60,62-63,65-69H2,1-6H3,(H-,74,76,78,79)/b13-10-,14-11-,20-17+,22-19-,26-23+,30-28-,31-29-,34-33-,37-36-,40-39-,44-42+,50-47+,64-61-. The van der Waals surface area contributed by atoms with E-state index >= 15 is 0 Å². The Morgan fingerprint density at radius 1 is 0.446 bits per heavy atom. The molecule has 0 aromatic carbocycles. The molecule has 0 radical (unpaired) electrons. The number of nitrogens with zero attached hydrogens (tertiary/aromatic N) is 1. The van der Waals surface area contributed by atoms with Crippen LogP contribution in [0.5, 0.6) is 0 Å². The summed E-state index contributed by atoms with van der Waals surface area (Å²) in [6, 6.07) is -0.928. The Morgan fingerprint density at radius 2 is 0.831 bits per heavy atom. The van der Waals surface area contributed by atoms with Crippen LogP contribution >= 0.6 is 7.82 Å². The van der Waals surface area contributed by atoms with Crippen molar-refractivity contribution in [3.8, 4) is 0 Å². The van der Waals surface area contributed by atoms with Crippen molar-refractivity contribution in [1.29, 1.82) is 0 Å². The van der Waals surface area contributed by atoms with Crippen molar-refractivity contribution in [3.63, 3.8) is 0 Å². The van der Waals surface area contributed by atoms with Gasteiger partial charge in [0.15, 0.2) is 0 Å². The van der Waals surface area contributed by atoms with Gasteiger partial charge in [-0.05, 0) is 102 Å². The molecule has 3 atom stereocenters. The highest BCUT2D eigenvalue weighted by molar-refractivity contribution is 7.45. The first-order valence-electron chi connectivity index (χ1n) is 32.9. The summed E-state index contributed by atoms with van der Waals surface area (Å²) in [5, 5.41) is 3.00. The normalized spacial score (nSPS) is 14.6. The Balaban J connectivity index is 5.26. The summed E-state index contributed by atoms with van der Waals surface area (Å²) in [7, 11) is 1.12. The molecule has 3 unspecified atom stereocenters. The molecule has 10 heteroatoms. The quantitative estimate of drug-likeness (QED) is 0.0161. The molecule has 0 aromatic rings. The van der Waals surface area contributed by atoms with E-state index in [1.165, 1.54) is 83.5 Å². The summed E-state index contributed by atoms with van der Waals surface area (Å²) in [5.41, 5.74) is 0. The number of allylic oxidation sites excluding steroid dienone is 25. The van der Waals surface area contributed by atoms with E-state index in [9.17, 15) is 19.0 Å². The highest BCUT2D eigenvalue weighted by Crippen LogP contribution is 2.38. The van der Waals surface area contributed by atoms with Crippen LogP contribution in [0.4, 0.5) is 0 Å². The highest BCUT2D eigenvalue weighted by atomic mass is 31.2. The van der Waals surface area contributed by atoms with Gasteiger partial charge in [0, 0.05) is 12.8 Å². The van der Waals surface area contributed by atoms with Crippen LogP contribution in [-0.4, -0.2) is 69.4 Å². The van der Waals surface area contributed by atoms with Crippen molar-refractivity contribution in [2.75, 3.05) is 40.9 Å². The molecule has 0 fully saturated rings. The van der Waals surface area contributed by atoms with Gasteiger partial charge in [-0.1, -0.05) is 282 Å². The Hall–Kier alpha value is -4.37. The molecule has 0 spiro atoms. The molecule has 0 rings (SSSR count). The summed E-state index contributed by atoms with van der Waals surface area (Å²) in [5.74, 6) is -0.613. The lowest BCUT2D eigenvalue weighted by Gasteiger charge is -2.30. The third-order valence-electron chi connectivity index (χ3n) is 13.6. The summed E-state index contributed by atoms with van der Waals surface area (Å²) in [6.45, 7) is 6.52. The summed E-state index contributed by atoms with van der Waals surface area (Å²) < 4.78 is 30.3. The molecule has 0 aliphatic rings. The lowest BCUT2D eigenvalue weighted by Crippen LogP contribution is -2.47. The number of rotatable bonds is 57. The zero-order valence-corrected chi connectivity index (χ0v) is 54.5. The maximum atomic E-state index is 13.5. The number of ether oxygens (including phenoxy) is 1. The number of quaternary nitrogens is 1. The van der Waals surface area contributed by atoms with Gasteiger partial charge in [0.05, 0.1) is 33.8 Å². The van der Waals surface area contributed by atoms with Crippen LogP contribution in [0, 0.1) is 0 Å². The van der Waals surface area contributed by atoms with Crippen LogP contribution in [0.1, 0.15) is 239 Å². The molecule has 83 heavy (non-hydrogen) atoms. The van der Waals surface area contributed by atoms with Gasteiger partial charge >= 0.3 is 5.97 Å². The third kappa shape index (κ3) is 62.0. The smallest absolute Gasteiger partial charge is 0.306 e. The van der Waals surface area contributed by atoms with Crippen molar-refractivity contribution in [1.82, 2.24) is 5.32 Å². The number of phosphoric ester groups is 1. The number of esters is 1. The predicted molar refractivity (Wildman–Crippen MR) is 357 cm³/mol. The zero-order valence-electron chi connectivity index (χ0n) is 53.6. The molecule has 1 N–H and O–H groups in total. The van der Waals surface area contributed by atoms with Gasteiger partial charge in [0.25, 0.3) is 7.82 Å². The summed E-state index contributed by atoms with van der Waals surface area (Å²) >= 11 is 0. The fraction of sp³-hybridized carbons (Fsp3) is 0.616. The molecule has 470 valence electrons. The number of amides is 1. The van der Waals surface area contributed by atoms with Crippen molar-refractivity contribution >= 4 is 19.7 Å². The van der Waals surface area contributed by atoms with Crippen LogP contribution in [0.3, 0.4) is 0 Å². The Kier molecular flexibility index (Phi) is 57.5. The molecular formula is C73H121N2O7P. The molecule has 0 bridgehead atoms. The first-order chi connectivity index (χ1) is 40.4. The SMILES string of the molecule is CC\C=C/C=C/C=C/C=C\C=C\C=C\CCCCCC(=O)NC(COP(=O)([O-])OCC[N+](C)(C)C)C(/C=C\CCCCCCCCCCCCC)OC(=O)CCCCCCCCCC/C=C\C/C=C\C/C=C\C/C=C\C/C=C\C/C=C\CC. The summed E-state index contributed by atoms with van der Waals surface area (Å²) in [6.07, 6.45) is 89.3. The molecule has 0 saturated heterocycles. The first-order valence-corrected chi connectivity index (χ1v) is 34.3. The van der Waals surface area contributed by atoms with E-state index in [1.54, 1.807) is 0 Å². The van der Waals surface area contributed by atoms with Gasteiger partial charge in [-0.3, -0.25) is 14.2 Å². The maximum Gasteiger partial charge on any atom is 0.306 e. The lowest BCUT2D eigenvalue weighted by molar-refractivity contribution is -0.870. The molecule has 1 amide bonds. The Labute approximate surface area is 510 Å². The Bertz CT molecular complexity index is 1980. The second-order valence-corrected chi connectivity index (χ2v) is 24.1. The second kappa shape index (κ2) is 60.7. The zero-order chi connectivity index (χ0) is 60.7. The fourth-order valence-corrected chi connectivity index (χ4v) is 9.34. The fourth-order valence-electron chi connectivity index (χ4n) is 8.61. The van der Waals surface area contributed by atoms with Gasteiger partial charge in [-0.25, -0.2) is 0 Å². The Morgan fingerprint density at radius 3 is 1.31 bits per heavy atom. The number of carbonyl (C=O) groups excluding carboxylic acids is 2. The predicted octanol–water partition coefficient (Wildman–Crippen LogP) is 20.1. The van der Waals surface area contributed by atoms with Crippen LogP contribution < -0.4 is 10.2 Å². The van der Waals surface area contributed by atoms with Gasteiger partial charge in [0.2, 0.25) is 5.91 Å². The topological polar surface area (TPSA) is 114 Å². The van der Waals surface area contributed by atoms with E-state index in [0.717, 1.165) is 109 Å². The van der Waals surface area contributed by atoms with Crippen molar-refractivity contribution in [3.05, 3.63) is 158 Å².